The standard InChI is InChI=1S/C27H36N4O2/c1-19-24-4-3-15-31(18-21-5-6-21)27(24)29-26(28-19)22-13-16-30(17-14-22)25(32)12-9-20-7-10-23(33-2)11-8-20/h7-8,10-11,21-22H,3-6,9,12-18H2,1-2H3. The maximum atomic E-state index is 12.8. The number of hydrogen-bond donors (Lipinski definition) is 0. The number of amides is 1. The molecule has 1 amide bonds. The molecule has 0 atom stereocenters. The van der Waals surface area contributed by atoms with Crippen molar-refractivity contribution in [3.05, 3.63) is 46.9 Å². The van der Waals surface area contributed by atoms with Gasteiger partial charge < -0.3 is 14.5 Å². The molecule has 0 N–H and O–H groups in total. The van der Waals surface area contributed by atoms with Gasteiger partial charge in [-0.1, -0.05) is 12.1 Å². The number of fused-ring (bicyclic) bond motifs is 1. The fraction of sp³-hybridized carbons (Fsp3) is 0.593. The third kappa shape index (κ3) is 5.15. The Bertz CT molecular complexity index is 978. The minimum absolute atomic E-state index is 0.252. The molecule has 6 heteroatoms. The van der Waals surface area contributed by atoms with E-state index in [4.69, 9.17) is 14.7 Å². The fourth-order valence-electron chi connectivity index (χ4n) is 5.27. The normalized spacial score (nSPS) is 18.8. The van der Waals surface area contributed by atoms with Crippen LogP contribution in [0.5, 0.6) is 5.75 Å². The van der Waals surface area contributed by atoms with Crippen LogP contribution in [0.4, 0.5) is 5.82 Å². The Kier molecular flexibility index (Phi) is 6.52. The van der Waals surface area contributed by atoms with Crippen LogP contribution in [-0.4, -0.2) is 54.1 Å². The Morgan fingerprint density at radius 2 is 1.82 bits per heavy atom. The summed E-state index contributed by atoms with van der Waals surface area (Å²) in [5, 5.41) is 0. The number of carbonyl (C=O) groups is 1. The quantitative estimate of drug-likeness (QED) is 0.632. The average Bonchev–Trinajstić information content (AvgIpc) is 3.67. The zero-order chi connectivity index (χ0) is 22.8. The predicted molar refractivity (Wildman–Crippen MR) is 130 cm³/mol. The van der Waals surface area contributed by atoms with Gasteiger partial charge in [0.2, 0.25) is 5.91 Å². The summed E-state index contributed by atoms with van der Waals surface area (Å²) in [5.41, 5.74) is 3.69. The van der Waals surface area contributed by atoms with Crippen molar-refractivity contribution in [3.8, 4) is 5.75 Å². The molecule has 3 heterocycles. The maximum absolute atomic E-state index is 12.8. The van der Waals surface area contributed by atoms with Gasteiger partial charge in [0.25, 0.3) is 0 Å². The molecule has 1 aromatic carbocycles. The number of anilines is 1. The average molecular weight is 449 g/mol. The molecule has 0 unspecified atom stereocenters. The van der Waals surface area contributed by atoms with Crippen molar-refractivity contribution in [2.24, 2.45) is 5.92 Å². The SMILES string of the molecule is COc1ccc(CCC(=O)N2CCC(c3nc(C)c4c(n3)N(CC3CC3)CCC4)CC2)cc1. The topological polar surface area (TPSA) is 58.6 Å². The Labute approximate surface area is 197 Å². The van der Waals surface area contributed by atoms with Crippen molar-refractivity contribution in [1.29, 1.82) is 0 Å². The first-order valence-electron chi connectivity index (χ1n) is 12.6. The van der Waals surface area contributed by atoms with E-state index in [2.05, 4.69) is 11.8 Å². The zero-order valence-corrected chi connectivity index (χ0v) is 20.1. The van der Waals surface area contributed by atoms with Gasteiger partial charge in [-0.3, -0.25) is 4.79 Å². The highest BCUT2D eigenvalue weighted by Gasteiger charge is 2.31. The van der Waals surface area contributed by atoms with Gasteiger partial charge >= 0.3 is 0 Å². The summed E-state index contributed by atoms with van der Waals surface area (Å²) in [4.78, 5) is 27.4. The van der Waals surface area contributed by atoms with Gasteiger partial charge in [-0.2, -0.15) is 0 Å². The Morgan fingerprint density at radius 3 is 2.52 bits per heavy atom. The molecule has 1 aliphatic carbocycles. The van der Waals surface area contributed by atoms with E-state index in [-0.39, 0.29) is 5.91 Å². The minimum Gasteiger partial charge on any atom is -0.497 e. The van der Waals surface area contributed by atoms with Gasteiger partial charge in [-0.15, -0.1) is 0 Å². The summed E-state index contributed by atoms with van der Waals surface area (Å²) in [6.45, 7) is 6.04. The van der Waals surface area contributed by atoms with E-state index < -0.39 is 0 Å². The van der Waals surface area contributed by atoms with E-state index in [9.17, 15) is 4.79 Å². The molecule has 3 aliphatic rings. The Balaban J connectivity index is 1.18. The van der Waals surface area contributed by atoms with E-state index in [1.165, 1.54) is 36.2 Å². The second-order valence-electron chi connectivity index (χ2n) is 9.97. The maximum Gasteiger partial charge on any atom is 0.222 e. The number of likely N-dealkylation sites (tertiary alicyclic amines) is 1. The van der Waals surface area contributed by atoms with Gasteiger partial charge in [0.1, 0.15) is 17.4 Å². The second-order valence-corrected chi connectivity index (χ2v) is 9.97. The number of ether oxygens (including phenoxy) is 1. The van der Waals surface area contributed by atoms with Gasteiger partial charge in [0, 0.05) is 49.8 Å². The number of methoxy groups -OCH3 is 1. The van der Waals surface area contributed by atoms with Gasteiger partial charge in [-0.25, -0.2) is 9.97 Å². The molecule has 2 aromatic rings. The predicted octanol–water partition coefficient (Wildman–Crippen LogP) is 4.30. The lowest BCUT2D eigenvalue weighted by Gasteiger charge is -2.34. The molecule has 176 valence electrons. The molecular weight excluding hydrogens is 412 g/mol. The lowest BCUT2D eigenvalue weighted by Crippen LogP contribution is -2.38. The third-order valence-corrected chi connectivity index (χ3v) is 7.54. The summed E-state index contributed by atoms with van der Waals surface area (Å²) < 4.78 is 5.21. The van der Waals surface area contributed by atoms with Crippen LogP contribution < -0.4 is 9.64 Å². The third-order valence-electron chi connectivity index (χ3n) is 7.54. The second kappa shape index (κ2) is 9.70. The van der Waals surface area contributed by atoms with Crippen LogP contribution in [-0.2, 0) is 17.6 Å². The van der Waals surface area contributed by atoms with Crippen molar-refractivity contribution in [2.75, 3.05) is 38.2 Å². The number of rotatable bonds is 7. The van der Waals surface area contributed by atoms with Crippen LogP contribution in [0.1, 0.15) is 67.1 Å². The van der Waals surface area contributed by atoms with E-state index >= 15 is 0 Å². The van der Waals surface area contributed by atoms with Crippen molar-refractivity contribution in [2.45, 2.75) is 64.2 Å². The van der Waals surface area contributed by atoms with Crippen LogP contribution in [0.3, 0.4) is 0 Å². The minimum atomic E-state index is 0.252. The van der Waals surface area contributed by atoms with E-state index in [0.29, 0.717) is 12.3 Å². The Morgan fingerprint density at radius 1 is 1.06 bits per heavy atom. The molecule has 1 aromatic heterocycles. The molecule has 33 heavy (non-hydrogen) atoms. The van der Waals surface area contributed by atoms with Crippen molar-refractivity contribution in [3.63, 3.8) is 0 Å². The highest BCUT2D eigenvalue weighted by atomic mass is 16.5. The molecule has 2 fully saturated rings. The van der Waals surface area contributed by atoms with Crippen molar-refractivity contribution < 1.29 is 9.53 Å². The summed E-state index contributed by atoms with van der Waals surface area (Å²) >= 11 is 0. The number of benzene rings is 1. The number of piperidine rings is 1. The number of hydrogen-bond acceptors (Lipinski definition) is 5. The molecule has 1 saturated heterocycles. The number of aryl methyl sites for hydroxylation is 2. The van der Waals surface area contributed by atoms with Crippen LogP contribution >= 0.6 is 0 Å². The summed E-state index contributed by atoms with van der Waals surface area (Å²) in [6, 6.07) is 8.00. The first-order valence-corrected chi connectivity index (χ1v) is 12.6. The monoisotopic (exact) mass is 448 g/mol. The van der Waals surface area contributed by atoms with Crippen LogP contribution in [0, 0.1) is 12.8 Å². The highest BCUT2D eigenvalue weighted by Crippen LogP contribution is 2.36. The lowest BCUT2D eigenvalue weighted by atomic mass is 9.94. The summed E-state index contributed by atoms with van der Waals surface area (Å²) in [6.07, 6.45) is 8.28. The van der Waals surface area contributed by atoms with Gasteiger partial charge in [0.15, 0.2) is 0 Å². The Hall–Kier alpha value is -2.63. The van der Waals surface area contributed by atoms with Crippen LogP contribution in [0.2, 0.25) is 0 Å². The first-order chi connectivity index (χ1) is 16.1. The first kappa shape index (κ1) is 22.2. The van der Waals surface area contributed by atoms with E-state index in [1.807, 2.05) is 29.2 Å². The lowest BCUT2D eigenvalue weighted by molar-refractivity contribution is -0.132. The largest absolute Gasteiger partial charge is 0.497 e. The van der Waals surface area contributed by atoms with Gasteiger partial charge in [0.05, 0.1) is 7.11 Å². The van der Waals surface area contributed by atoms with E-state index in [0.717, 1.165) is 75.0 Å². The number of nitrogens with zero attached hydrogens (tertiary/aromatic N) is 4. The zero-order valence-electron chi connectivity index (χ0n) is 20.1. The van der Waals surface area contributed by atoms with Crippen molar-refractivity contribution in [1.82, 2.24) is 14.9 Å². The molecule has 0 bridgehead atoms. The number of carbonyl (C=O) groups excluding carboxylic acids is 1. The molecule has 6 nitrogen and oxygen atoms in total. The van der Waals surface area contributed by atoms with E-state index in [1.54, 1.807) is 7.11 Å². The van der Waals surface area contributed by atoms with Crippen molar-refractivity contribution >= 4 is 11.7 Å². The highest BCUT2D eigenvalue weighted by molar-refractivity contribution is 5.76. The summed E-state index contributed by atoms with van der Waals surface area (Å²) in [7, 11) is 1.67. The fourth-order valence-corrected chi connectivity index (χ4v) is 5.27. The number of aromatic nitrogens is 2. The molecule has 5 rings (SSSR count). The van der Waals surface area contributed by atoms with Crippen LogP contribution in [0.25, 0.3) is 0 Å². The smallest absolute Gasteiger partial charge is 0.222 e. The molecule has 1 saturated carbocycles. The summed E-state index contributed by atoms with van der Waals surface area (Å²) in [5.74, 6) is 4.52. The van der Waals surface area contributed by atoms with Gasteiger partial charge in [-0.05, 0) is 75.5 Å². The molecule has 2 aliphatic heterocycles. The molecule has 0 radical (unpaired) electrons. The molecule has 0 spiro atoms. The van der Waals surface area contributed by atoms with Crippen LogP contribution in [0.15, 0.2) is 24.3 Å². The molecular formula is C27H36N4O2.